The topological polar surface area (TPSA) is 84.8 Å². The molecular weight excluding hydrogens is 291 g/mol. The Balaban J connectivity index is 1.74. The Labute approximate surface area is 116 Å². The molecule has 3 heterocycles. The Morgan fingerprint density at radius 1 is 1.43 bits per heavy atom. The fourth-order valence-electron chi connectivity index (χ4n) is 1.89. The number of halogens is 3. The van der Waals surface area contributed by atoms with Gasteiger partial charge in [-0.25, -0.2) is 4.68 Å². The maximum atomic E-state index is 12.4. The minimum Gasteiger partial charge on any atom is -0.478 e. The van der Waals surface area contributed by atoms with E-state index in [0.29, 0.717) is 25.1 Å². The van der Waals surface area contributed by atoms with E-state index in [1.807, 2.05) is 5.10 Å². The number of H-pyrrole nitrogens is 1. The van der Waals surface area contributed by atoms with Crippen molar-refractivity contribution in [3.8, 4) is 5.88 Å². The zero-order valence-corrected chi connectivity index (χ0v) is 10.6. The summed E-state index contributed by atoms with van der Waals surface area (Å²) in [6, 6.07) is 2.15. The Hall–Kier alpha value is -2.52. The van der Waals surface area contributed by atoms with Gasteiger partial charge in [0.1, 0.15) is 5.69 Å². The van der Waals surface area contributed by atoms with Gasteiger partial charge >= 0.3 is 6.18 Å². The molecule has 0 radical (unpaired) electrons. The van der Waals surface area contributed by atoms with Crippen LogP contribution in [-0.4, -0.2) is 32.5 Å². The van der Waals surface area contributed by atoms with Crippen LogP contribution in [0.3, 0.4) is 0 Å². The number of amides is 1. The number of hydrogen-bond acceptors (Lipinski definition) is 4. The summed E-state index contributed by atoms with van der Waals surface area (Å²) < 4.78 is 44.0. The van der Waals surface area contributed by atoms with Crippen molar-refractivity contribution in [3.63, 3.8) is 0 Å². The molecule has 0 atom stereocenters. The number of alkyl halides is 3. The molecule has 1 aliphatic heterocycles. The van der Waals surface area contributed by atoms with Crippen LogP contribution in [0.15, 0.2) is 12.1 Å². The number of carbonyl (C=O) groups is 1. The molecule has 2 aromatic heterocycles. The number of anilines is 1. The van der Waals surface area contributed by atoms with E-state index in [2.05, 4.69) is 15.5 Å². The van der Waals surface area contributed by atoms with Gasteiger partial charge in [0.25, 0.3) is 5.91 Å². The molecule has 1 amide bonds. The highest BCUT2D eigenvalue weighted by Crippen LogP contribution is 2.28. The highest BCUT2D eigenvalue weighted by molar-refractivity contribution is 6.02. The van der Waals surface area contributed by atoms with Crippen molar-refractivity contribution < 1.29 is 22.7 Å². The van der Waals surface area contributed by atoms with Crippen molar-refractivity contribution in [1.29, 1.82) is 0 Å². The first-order valence-corrected chi connectivity index (χ1v) is 6.08. The second kappa shape index (κ2) is 4.79. The van der Waals surface area contributed by atoms with E-state index in [0.717, 1.165) is 6.42 Å². The first-order chi connectivity index (χ1) is 9.93. The Bertz CT molecular complexity index is 652. The molecule has 112 valence electrons. The van der Waals surface area contributed by atoms with Gasteiger partial charge < -0.3 is 10.1 Å². The number of ether oxygens (including phenoxy) is 1. The predicted octanol–water partition coefficient (Wildman–Crippen LogP) is 1.66. The molecular formula is C11H10F3N5O2. The summed E-state index contributed by atoms with van der Waals surface area (Å²) in [6.45, 7) is 1.17. The monoisotopic (exact) mass is 301 g/mol. The van der Waals surface area contributed by atoms with Crippen LogP contribution in [0.5, 0.6) is 5.88 Å². The van der Waals surface area contributed by atoms with Crippen LogP contribution < -0.4 is 10.1 Å². The van der Waals surface area contributed by atoms with Crippen molar-refractivity contribution >= 4 is 11.7 Å². The second-order valence-electron chi connectivity index (χ2n) is 4.41. The standard InChI is InChI=1S/C11H10F3N5O2/c12-11(13,14)7-5-8(17-16-7)15-10(20)6-4-9-19(18-6)2-1-3-21-9/h4-5H,1-3H2,(H2,15,16,17,20). The number of nitrogens with one attached hydrogen (secondary N) is 2. The first-order valence-electron chi connectivity index (χ1n) is 6.08. The van der Waals surface area contributed by atoms with Crippen molar-refractivity contribution in [2.75, 3.05) is 11.9 Å². The van der Waals surface area contributed by atoms with Crippen LogP contribution in [0.2, 0.25) is 0 Å². The van der Waals surface area contributed by atoms with Gasteiger partial charge in [-0.15, -0.1) is 0 Å². The molecule has 2 aromatic rings. The first kappa shape index (κ1) is 13.5. The number of aromatic nitrogens is 4. The average molecular weight is 301 g/mol. The normalized spacial score (nSPS) is 14.4. The zero-order chi connectivity index (χ0) is 15.0. The maximum absolute atomic E-state index is 12.4. The number of hydrogen-bond donors (Lipinski definition) is 2. The molecule has 10 heteroatoms. The summed E-state index contributed by atoms with van der Waals surface area (Å²) in [7, 11) is 0. The van der Waals surface area contributed by atoms with Gasteiger partial charge in [-0.1, -0.05) is 0 Å². The van der Waals surface area contributed by atoms with Gasteiger partial charge in [-0.05, 0) is 0 Å². The summed E-state index contributed by atoms with van der Waals surface area (Å²) >= 11 is 0. The lowest BCUT2D eigenvalue weighted by molar-refractivity contribution is -0.141. The van der Waals surface area contributed by atoms with E-state index in [-0.39, 0.29) is 11.5 Å². The van der Waals surface area contributed by atoms with Crippen molar-refractivity contribution in [3.05, 3.63) is 23.5 Å². The number of rotatable bonds is 2. The Morgan fingerprint density at radius 3 is 2.90 bits per heavy atom. The number of carbonyl (C=O) groups excluding carboxylic acids is 1. The third kappa shape index (κ3) is 2.69. The smallest absolute Gasteiger partial charge is 0.432 e. The highest BCUT2D eigenvalue weighted by atomic mass is 19.4. The molecule has 0 fully saturated rings. The minimum absolute atomic E-state index is 0.0588. The summed E-state index contributed by atoms with van der Waals surface area (Å²) in [5.74, 6) is -0.413. The molecule has 3 rings (SSSR count). The Kier molecular flexibility index (Phi) is 3.07. The van der Waals surface area contributed by atoms with Crippen LogP contribution in [-0.2, 0) is 12.7 Å². The van der Waals surface area contributed by atoms with E-state index in [4.69, 9.17) is 4.74 Å². The van der Waals surface area contributed by atoms with Crippen LogP contribution in [0.1, 0.15) is 22.6 Å². The van der Waals surface area contributed by atoms with Crippen molar-refractivity contribution in [1.82, 2.24) is 20.0 Å². The molecule has 0 aromatic carbocycles. The Morgan fingerprint density at radius 2 is 2.24 bits per heavy atom. The van der Waals surface area contributed by atoms with Crippen LogP contribution >= 0.6 is 0 Å². The van der Waals surface area contributed by atoms with Gasteiger partial charge in [0, 0.05) is 25.1 Å². The van der Waals surface area contributed by atoms with E-state index < -0.39 is 17.8 Å². The van der Waals surface area contributed by atoms with Crippen LogP contribution in [0, 0.1) is 0 Å². The molecule has 0 aliphatic carbocycles. The molecule has 21 heavy (non-hydrogen) atoms. The van der Waals surface area contributed by atoms with E-state index >= 15 is 0 Å². The lowest BCUT2D eigenvalue weighted by Crippen LogP contribution is -2.16. The van der Waals surface area contributed by atoms with Gasteiger partial charge in [-0.2, -0.15) is 23.4 Å². The fraction of sp³-hybridized carbons (Fsp3) is 0.364. The number of aryl methyl sites for hydroxylation is 1. The molecule has 2 N–H and O–H groups in total. The van der Waals surface area contributed by atoms with E-state index in [1.54, 1.807) is 0 Å². The third-order valence-corrected chi connectivity index (χ3v) is 2.86. The number of nitrogens with zero attached hydrogens (tertiary/aromatic N) is 3. The van der Waals surface area contributed by atoms with E-state index in [9.17, 15) is 18.0 Å². The maximum Gasteiger partial charge on any atom is 0.432 e. The van der Waals surface area contributed by atoms with Crippen LogP contribution in [0.4, 0.5) is 19.0 Å². The van der Waals surface area contributed by atoms with Crippen molar-refractivity contribution in [2.45, 2.75) is 19.1 Å². The minimum atomic E-state index is -4.54. The zero-order valence-electron chi connectivity index (χ0n) is 10.6. The van der Waals surface area contributed by atoms with Gasteiger partial charge in [0.15, 0.2) is 11.5 Å². The summed E-state index contributed by atoms with van der Waals surface area (Å²) in [4.78, 5) is 11.9. The lowest BCUT2D eigenvalue weighted by atomic mass is 10.3. The number of aromatic amines is 1. The fourth-order valence-corrected chi connectivity index (χ4v) is 1.89. The number of fused-ring (bicyclic) bond motifs is 1. The SMILES string of the molecule is O=C(Nc1cc(C(F)(F)F)[nH]n1)c1cc2n(n1)CCCO2. The van der Waals surface area contributed by atoms with E-state index in [1.165, 1.54) is 10.7 Å². The largest absolute Gasteiger partial charge is 0.478 e. The predicted molar refractivity (Wildman–Crippen MR) is 63.9 cm³/mol. The molecule has 0 spiro atoms. The average Bonchev–Trinajstić information content (AvgIpc) is 3.03. The van der Waals surface area contributed by atoms with Crippen LogP contribution in [0.25, 0.3) is 0 Å². The van der Waals surface area contributed by atoms with Gasteiger partial charge in [0.2, 0.25) is 5.88 Å². The molecule has 7 nitrogen and oxygen atoms in total. The molecule has 0 saturated carbocycles. The molecule has 0 saturated heterocycles. The lowest BCUT2D eigenvalue weighted by Gasteiger charge is -2.13. The summed E-state index contributed by atoms with van der Waals surface area (Å²) in [6.07, 6.45) is -3.76. The summed E-state index contributed by atoms with van der Waals surface area (Å²) in [5, 5.41) is 11.5. The van der Waals surface area contributed by atoms with Gasteiger partial charge in [-0.3, -0.25) is 9.89 Å². The second-order valence-corrected chi connectivity index (χ2v) is 4.41. The quantitative estimate of drug-likeness (QED) is 0.883. The molecule has 0 unspecified atom stereocenters. The molecule has 0 bridgehead atoms. The highest BCUT2D eigenvalue weighted by Gasteiger charge is 2.33. The third-order valence-electron chi connectivity index (χ3n) is 2.86. The summed E-state index contributed by atoms with van der Waals surface area (Å²) in [5.41, 5.74) is -0.978. The molecule has 1 aliphatic rings. The van der Waals surface area contributed by atoms with Gasteiger partial charge in [0.05, 0.1) is 6.61 Å². The van der Waals surface area contributed by atoms with Crippen molar-refractivity contribution in [2.24, 2.45) is 0 Å².